The molecule has 2 atom stereocenters. The maximum atomic E-state index is 5.95. The third-order valence-corrected chi connectivity index (χ3v) is 4.89. The maximum Gasteiger partial charge on any atom is 0.218 e. The number of nitrogens with one attached hydrogen (secondary N) is 1. The molecule has 2 fully saturated rings. The number of rotatable bonds is 5. The van der Waals surface area contributed by atoms with Gasteiger partial charge in [-0.1, -0.05) is 0 Å². The van der Waals surface area contributed by atoms with Crippen LogP contribution in [0.1, 0.15) is 36.4 Å². The van der Waals surface area contributed by atoms with Gasteiger partial charge in [0, 0.05) is 43.6 Å². The van der Waals surface area contributed by atoms with Crippen molar-refractivity contribution in [1.82, 2.24) is 19.7 Å². The minimum atomic E-state index is 0.188. The number of hydrogen-bond acceptors (Lipinski definition) is 6. The van der Waals surface area contributed by atoms with Crippen molar-refractivity contribution in [3.8, 4) is 5.88 Å². The Morgan fingerprint density at radius 1 is 1.29 bits per heavy atom. The largest absolute Gasteiger partial charge is 0.474 e. The van der Waals surface area contributed by atoms with Gasteiger partial charge in [0.1, 0.15) is 18.2 Å². The molecular weight excluding hydrogens is 306 g/mol. The zero-order valence-corrected chi connectivity index (χ0v) is 14.1. The van der Waals surface area contributed by atoms with E-state index in [2.05, 4.69) is 27.3 Å². The van der Waals surface area contributed by atoms with Crippen molar-refractivity contribution in [3.05, 3.63) is 29.8 Å². The summed E-state index contributed by atoms with van der Waals surface area (Å²) in [5.74, 6) is 1.96. The summed E-state index contributed by atoms with van der Waals surface area (Å²) < 4.78 is 13.2. The predicted octanol–water partition coefficient (Wildman–Crippen LogP) is 2.04. The van der Waals surface area contributed by atoms with Gasteiger partial charge in [-0.2, -0.15) is 5.10 Å². The summed E-state index contributed by atoms with van der Waals surface area (Å²) in [4.78, 5) is 8.55. The predicted molar refractivity (Wildman–Crippen MR) is 89.2 cm³/mol. The molecule has 1 aliphatic carbocycles. The molecule has 1 aliphatic heterocycles. The minimum Gasteiger partial charge on any atom is -0.474 e. The van der Waals surface area contributed by atoms with Crippen molar-refractivity contribution in [3.63, 3.8) is 0 Å². The lowest BCUT2D eigenvalue weighted by Crippen LogP contribution is -2.26. The number of anilines is 1. The first-order valence-electron chi connectivity index (χ1n) is 8.52. The Morgan fingerprint density at radius 2 is 2.12 bits per heavy atom. The smallest absolute Gasteiger partial charge is 0.218 e. The summed E-state index contributed by atoms with van der Waals surface area (Å²) in [5.41, 5.74) is 2.55. The Kier molecular flexibility index (Phi) is 4.10. The van der Waals surface area contributed by atoms with E-state index < -0.39 is 0 Å². The molecule has 7 heteroatoms. The van der Waals surface area contributed by atoms with E-state index in [1.807, 2.05) is 24.0 Å². The van der Waals surface area contributed by atoms with E-state index in [1.54, 1.807) is 6.33 Å². The molecule has 0 radical (unpaired) electrons. The van der Waals surface area contributed by atoms with Gasteiger partial charge in [0.2, 0.25) is 5.88 Å². The highest BCUT2D eigenvalue weighted by Gasteiger charge is 2.40. The van der Waals surface area contributed by atoms with Gasteiger partial charge in [-0.05, 0) is 18.9 Å². The molecular formula is C17H23N5O2. The Morgan fingerprint density at radius 3 is 2.88 bits per heavy atom. The highest BCUT2D eigenvalue weighted by molar-refractivity contribution is 5.43. The van der Waals surface area contributed by atoms with Crippen LogP contribution in [0, 0.1) is 6.92 Å². The molecule has 0 aromatic carbocycles. The normalized spacial score (nSPS) is 23.9. The van der Waals surface area contributed by atoms with Gasteiger partial charge in [0.25, 0.3) is 0 Å². The molecule has 3 heterocycles. The van der Waals surface area contributed by atoms with Crippen molar-refractivity contribution in [2.75, 3.05) is 18.5 Å². The molecule has 4 rings (SSSR count). The van der Waals surface area contributed by atoms with E-state index in [4.69, 9.17) is 9.47 Å². The van der Waals surface area contributed by atoms with Gasteiger partial charge in [-0.25, -0.2) is 9.97 Å². The Balaban J connectivity index is 1.37. The Hall–Kier alpha value is -2.15. The zero-order valence-electron chi connectivity index (χ0n) is 14.1. The summed E-state index contributed by atoms with van der Waals surface area (Å²) in [6, 6.07) is 2.29. The maximum absolute atomic E-state index is 5.95. The van der Waals surface area contributed by atoms with Crippen molar-refractivity contribution >= 4 is 5.82 Å². The van der Waals surface area contributed by atoms with Gasteiger partial charge in [0.15, 0.2) is 0 Å². The average molecular weight is 329 g/mol. The second-order valence-corrected chi connectivity index (χ2v) is 6.57. The van der Waals surface area contributed by atoms with Gasteiger partial charge < -0.3 is 14.8 Å². The van der Waals surface area contributed by atoms with Crippen LogP contribution in [0.2, 0.25) is 0 Å². The van der Waals surface area contributed by atoms with Gasteiger partial charge in [-0.3, -0.25) is 4.68 Å². The molecule has 0 unspecified atom stereocenters. The van der Waals surface area contributed by atoms with Crippen LogP contribution in [-0.2, 0) is 11.8 Å². The van der Waals surface area contributed by atoms with Crippen molar-refractivity contribution in [2.24, 2.45) is 7.05 Å². The molecule has 24 heavy (non-hydrogen) atoms. The SMILES string of the molecule is Cc1c([C@@H]2C[C@H]2Nc2cc(OC3CCOCC3)ncn2)cnn1C. The van der Waals surface area contributed by atoms with E-state index >= 15 is 0 Å². The molecule has 0 amide bonds. The summed E-state index contributed by atoms with van der Waals surface area (Å²) in [5, 5.41) is 7.82. The highest BCUT2D eigenvalue weighted by atomic mass is 16.5. The first-order chi connectivity index (χ1) is 11.7. The molecule has 1 saturated heterocycles. The number of aryl methyl sites for hydroxylation is 1. The first kappa shape index (κ1) is 15.4. The van der Waals surface area contributed by atoms with Crippen LogP contribution in [0.25, 0.3) is 0 Å². The average Bonchev–Trinajstić information content (AvgIpc) is 3.26. The number of nitrogens with zero attached hydrogens (tertiary/aromatic N) is 4. The fraction of sp³-hybridized carbons (Fsp3) is 0.588. The summed E-state index contributed by atoms with van der Waals surface area (Å²) in [6.07, 6.45) is 6.65. The number of aromatic nitrogens is 4. The Labute approximate surface area is 141 Å². The van der Waals surface area contributed by atoms with Crippen LogP contribution in [0.5, 0.6) is 5.88 Å². The van der Waals surface area contributed by atoms with Gasteiger partial charge >= 0.3 is 0 Å². The summed E-state index contributed by atoms with van der Waals surface area (Å²) in [7, 11) is 1.98. The highest BCUT2D eigenvalue weighted by Crippen LogP contribution is 2.43. The van der Waals surface area contributed by atoms with Gasteiger partial charge in [0.05, 0.1) is 19.4 Å². The molecule has 2 aromatic heterocycles. The van der Waals surface area contributed by atoms with Crippen molar-refractivity contribution in [2.45, 2.75) is 44.2 Å². The molecule has 2 aromatic rings. The van der Waals surface area contributed by atoms with Gasteiger partial charge in [-0.15, -0.1) is 0 Å². The van der Waals surface area contributed by atoms with E-state index in [0.717, 1.165) is 38.3 Å². The van der Waals surface area contributed by atoms with E-state index in [9.17, 15) is 0 Å². The van der Waals surface area contributed by atoms with E-state index in [1.165, 1.54) is 11.3 Å². The molecule has 7 nitrogen and oxygen atoms in total. The van der Waals surface area contributed by atoms with Crippen LogP contribution in [-0.4, -0.2) is 45.1 Å². The van der Waals surface area contributed by atoms with Crippen LogP contribution >= 0.6 is 0 Å². The zero-order chi connectivity index (χ0) is 16.5. The first-order valence-corrected chi connectivity index (χ1v) is 8.52. The fourth-order valence-electron chi connectivity index (χ4n) is 3.22. The standard InChI is InChI=1S/C17H23N5O2/c1-11-14(9-20-22(11)2)13-7-15(13)21-16-8-17(19-10-18-16)24-12-3-5-23-6-4-12/h8-10,12-13,15H,3-7H2,1-2H3,(H,18,19,21)/t13-,15+/m0/s1. The quantitative estimate of drug-likeness (QED) is 0.905. The van der Waals surface area contributed by atoms with E-state index in [-0.39, 0.29) is 6.10 Å². The number of hydrogen-bond donors (Lipinski definition) is 1. The van der Waals surface area contributed by atoms with Crippen LogP contribution in [0.15, 0.2) is 18.6 Å². The van der Waals surface area contributed by atoms with Crippen LogP contribution in [0.4, 0.5) is 5.82 Å². The summed E-state index contributed by atoms with van der Waals surface area (Å²) >= 11 is 0. The topological polar surface area (TPSA) is 74.1 Å². The summed E-state index contributed by atoms with van der Waals surface area (Å²) in [6.45, 7) is 3.63. The second-order valence-electron chi connectivity index (χ2n) is 6.57. The van der Waals surface area contributed by atoms with Crippen LogP contribution < -0.4 is 10.1 Å². The van der Waals surface area contributed by atoms with Crippen LogP contribution in [0.3, 0.4) is 0 Å². The lowest BCUT2D eigenvalue weighted by Gasteiger charge is -2.22. The third kappa shape index (κ3) is 3.21. The lowest BCUT2D eigenvalue weighted by atomic mass is 10.1. The lowest BCUT2D eigenvalue weighted by molar-refractivity contribution is 0.0237. The minimum absolute atomic E-state index is 0.188. The monoisotopic (exact) mass is 329 g/mol. The third-order valence-electron chi connectivity index (χ3n) is 4.89. The fourth-order valence-corrected chi connectivity index (χ4v) is 3.22. The van der Waals surface area contributed by atoms with Crippen molar-refractivity contribution < 1.29 is 9.47 Å². The second kappa shape index (κ2) is 6.39. The molecule has 0 spiro atoms. The molecule has 128 valence electrons. The Bertz CT molecular complexity index is 711. The van der Waals surface area contributed by atoms with Crippen molar-refractivity contribution in [1.29, 1.82) is 0 Å². The van der Waals surface area contributed by atoms with E-state index in [0.29, 0.717) is 17.8 Å². The molecule has 1 saturated carbocycles. The number of ether oxygens (including phenoxy) is 2. The molecule has 2 aliphatic rings. The molecule has 0 bridgehead atoms. The molecule has 1 N–H and O–H groups in total.